The fraction of sp³-hybridized carbons (Fsp3) is 0.846. The Balaban J connectivity index is 2.37. The fourth-order valence-electron chi connectivity index (χ4n) is 2.36. The number of unbranched alkanes of at least 4 members (excludes halogenated alkanes) is 1. The van der Waals surface area contributed by atoms with E-state index >= 15 is 0 Å². The van der Waals surface area contributed by atoms with Gasteiger partial charge in [-0.2, -0.15) is 0 Å². The molecule has 1 aliphatic carbocycles. The molecule has 0 saturated heterocycles. The minimum atomic E-state index is -0.745. The van der Waals surface area contributed by atoms with Crippen LogP contribution in [0, 0.1) is 5.92 Å². The third-order valence-corrected chi connectivity index (χ3v) is 3.56. The summed E-state index contributed by atoms with van der Waals surface area (Å²) in [5, 5.41) is 11.9. The van der Waals surface area contributed by atoms with Crippen molar-refractivity contribution in [3.05, 3.63) is 0 Å². The molecule has 0 spiro atoms. The van der Waals surface area contributed by atoms with Gasteiger partial charge in [0.05, 0.1) is 5.92 Å². The molecular formula is C13H24N2O3. The molecule has 0 aromatic heterocycles. The molecule has 0 unspecified atom stereocenters. The molecule has 104 valence electrons. The zero-order chi connectivity index (χ0) is 13.5. The Hall–Kier alpha value is -1.26. The summed E-state index contributed by atoms with van der Waals surface area (Å²) in [5.41, 5.74) is 0. The summed E-state index contributed by atoms with van der Waals surface area (Å²) >= 11 is 0. The average Bonchev–Trinajstić information content (AvgIpc) is 2.78. The van der Waals surface area contributed by atoms with E-state index in [-0.39, 0.29) is 18.0 Å². The molecule has 0 aromatic carbocycles. The lowest BCUT2D eigenvalue weighted by Crippen LogP contribution is -2.44. The number of urea groups is 1. The zero-order valence-electron chi connectivity index (χ0n) is 11.3. The van der Waals surface area contributed by atoms with Gasteiger partial charge in [-0.25, -0.2) is 4.79 Å². The van der Waals surface area contributed by atoms with E-state index in [9.17, 15) is 9.59 Å². The normalized spacial score (nSPS) is 22.8. The van der Waals surface area contributed by atoms with Crippen LogP contribution in [0.4, 0.5) is 4.79 Å². The van der Waals surface area contributed by atoms with E-state index in [0.29, 0.717) is 19.4 Å². The van der Waals surface area contributed by atoms with E-state index < -0.39 is 5.97 Å². The molecule has 0 aliphatic heterocycles. The largest absolute Gasteiger partial charge is 0.481 e. The summed E-state index contributed by atoms with van der Waals surface area (Å²) in [5.74, 6) is -1.04. The maximum atomic E-state index is 12.0. The molecular weight excluding hydrogens is 232 g/mol. The van der Waals surface area contributed by atoms with Crippen LogP contribution < -0.4 is 5.32 Å². The molecule has 0 radical (unpaired) electrons. The minimum Gasteiger partial charge on any atom is -0.481 e. The second kappa shape index (κ2) is 7.24. The number of carbonyl (C=O) groups excluding carboxylic acids is 1. The summed E-state index contributed by atoms with van der Waals surface area (Å²) in [7, 11) is 0. The predicted molar refractivity (Wildman–Crippen MR) is 69.5 cm³/mol. The summed E-state index contributed by atoms with van der Waals surface area (Å²) in [4.78, 5) is 24.6. The quantitative estimate of drug-likeness (QED) is 0.764. The number of aliphatic carboxylic acids is 1. The first kappa shape index (κ1) is 14.8. The molecule has 1 aliphatic rings. The molecule has 1 saturated carbocycles. The highest BCUT2D eigenvalue weighted by Gasteiger charge is 2.31. The van der Waals surface area contributed by atoms with Crippen LogP contribution in [-0.2, 0) is 4.79 Å². The summed E-state index contributed by atoms with van der Waals surface area (Å²) in [6.07, 6.45) is 4.07. The molecule has 2 amide bonds. The Morgan fingerprint density at radius 2 is 2.06 bits per heavy atom. The molecule has 0 bridgehead atoms. The van der Waals surface area contributed by atoms with E-state index in [1.54, 1.807) is 4.90 Å². The first-order valence-corrected chi connectivity index (χ1v) is 6.86. The smallest absolute Gasteiger partial charge is 0.317 e. The number of carboxylic acid groups (broad SMARTS) is 1. The summed E-state index contributed by atoms with van der Waals surface area (Å²) in [6.45, 7) is 5.53. The number of amides is 2. The van der Waals surface area contributed by atoms with Crippen LogP contribution in [0.5, 0.6) is 0 Å². The molecule has 2 N–H and O–H groups in total. The number of hydrogen-bond donors (Lipinski definition) is 2. The molecule has 1 rings (SSSR count). The standard InChI is InChI=1S/C13H24N2O3/c1-3-5-8-15(4-2)13(18)14-11-7-6-10(9-11)12(16)17/h10-11H,3-9H2,1-2H3,(H,14,18)(H,16,17)/t10-,11+/m1/s1. The molecule has 0 aromatic rings. The highest BCUT2D eigenvalue weighted by Crippen LogP contribution is 2.25. The predicted octanol–water partition coefficient (Wildman–Crippen LogP) is 2.07. The SMILES string of the molecule is CCCCN(CC)C(=O)N[C@H]1CC[C@@H](C(=O)O)C1. The lowest BCUT2D eigenvalue weighted by molar-refractivity contribution is -0.141. The Labute approximate surface area is 109 Å². The molecule has 1 fully saturated rings. The number of rotatable bonds is 6. The number of carboxylic acids is 1. The number of carbonyl (C=O) groups is 2. The Morgan fingerprint density at radius 1 is 1.33 bits per heavy atom. The molecule has 0 heterocycles. The number of nitrogens with one attached hydrogen (secondary N) is 1. The highest BCUT2D eigenvalue weighted by molar-refractivity contribution is 5.75. The van der Waals surface area contributed by atoms with Crippen LogP contribution in [0.25, 0.3) is 0 Å². The first-order chi connectivity index (χ1) is 8.58. The van der Waals surface area contributed by atoms with E-state index in [1.807, 2.05) is 6.92 Å². The first-order valence-electron chi connectivity index (χ1n) is 6.86. The third-order valence-electron chi connectivity index (χ3n) is 3.56. The van der Waals surface area contributed by atoms with Crippen molar-refractivity contribution in [2.24, 2.45) is 5.92 Å². The van der Waals surface area contributed by atoms with Crippen molar-refractivity contribution < 1.29 is 14.7 Å². The van der Waals surface area contributed by atoms with Crippen LogP contribution in [0.2, 0.25) is 0 Å². The van der Waals surface area contributed by atoms with E-state index in [0.717, 1.165) is 25.8 Å². The van der Waals surface area contributed by atoms with E-state index in [1.165, 1.54) is 0 Å². The Morgan fingerprint density at radius 3 is 2.56 bits per heavy atom. The molecule has 2 atom stereocenters. The second-order valence-electron chi connectivity index (χ2n) is 4.93. The van der Waals surface area contributed by atoms with Crippen LogP contribution >= 0.6 is 0 Å². The van der Waals surface area contributed by atoms with Crippen molar-refractivity contribution >= 4 is 12.0 Å². The van der Waals surface area contributed by atoms with Gasteiger partial charge in [-0.1, -0.05) is 13.3 Å². The lowest BCUT2D eigenvalue weighted by atomic mass is 10.1. The van der Waals surface area contributed by atoms with Gasteiger partial charge in [0.1, 0.15) is 0 Å². The van der Waals surface area contributed by atoms with Crippen molar-refractivity contribution in [1.29, 1.82) is 0 Å². The van der Waals surface area contributed by atoms with E-state index in [2.05, 4.69) is 12.2 Å². The minimum absolute atomic E-state index is 0.0225. The average molecular weight is 256 g/mol. The van der Waals surface area contributed by atoms with Gasteiger partial charge in [0.25, 0.3) is 0 Å². The van der Waals surface area contributed by atoms with Crippen molar-refractivity contribution in [2.45, 2.75) is 52.0 Å². The van der Waals surface area contributed by atoms with Crippen molar-refractivity contribution in [3.8, 4) is 0 Å². The maximum Gasteiger partial charge on any atom is 0.317 e. The monoisotopic (exact) mass is 256 g/mol. The van der Waals surface area contributed by atoms with Crippen molar-refractivity contribution in [1.82, 2.24) is 10.2 Å². The van der Waals surface area contributed by atoms with Gasteiger partial charge in [-0.15, -0.1) is 0 Å². The summed E-state index contributed by atoms with van der Waals surface area (Å²) in [6, 6.07) is -0.0312. The van der Waals surface area contributed by atoms with Gasteiger partial charge < -0.3 is 15.3 Å². The second-order valence-corrected chi connectivity index (χ2v) is 4.93. The fourth-order valence-corrected chi connectivity index (χ4v) is 2.36. The van der Waals surface area contributed by atoms with Crippen molar-refractivity contribution in [3.63, 3.8) is 0 Å². The van der Waals surface area contributed by atoms with Crippen LogP contribution in [0.15, 0.2) is 0 Å². The molecule has 5 heteroatoms. The van der Waals surface area contributed by atoms with Gasteiger partial charge >= 0.3 is 12.0 Å². The van der Waals surface area contributed by atoms with Gasteiger partial charge in [0, 0.05) is 19.1 Å². The topological polar surface area (TPSA) is 69.6 Å². The maximum absolute atomic E-state index is 12.0. The zero-order valence-corrected chi connectivity index (χ0v) is 11.3. The van der Waals surface area contributed by atoms with Crippen molar-refractivity contribution in [2.75, 3.05) is 13.1 Å². The molecule has 5 nitrogen and oxygen atoms in total. The van der Waals surface area contributed by atoms with Gasteiger partial charge in [-0.3, -0.25) is 4.79 Å². The Kier molecular flexibility index (Phi) is 5.95. The van der Waals surface area contributed by atoms with Gasteiger partial charge in [0.15, 0.2) is 0 Å². The summed E-state index contributed by atoms with van der Waals surface area (Å²) < 4.78 is 0. The highest BCUT2D eigenvalue weighted by atomic mass is 16.4. The van der Waals surface area contributed by atoms with Crippen LogP contribution in [0.1, 0.15) is 46.0 Å². The number of hydrogen-bond acceptors (Lipinski definition) is 2. The molecule has 18 heavy (non-hydrogen) atoms. The van der Waals surface area contributed by atoms with Gasteiger partial charge in [0.2, 0.25) is 0 Å². The van der Waals surface area contributed by atoms with Gasteiger partial charge in [-0.05, 0) is 32.6 Å². The van der Waals surface area contributed by atoms with Crippen LogP contribution in [0.3, 0.4) is 0 Å². The van der Waals surface area contributed by atoms with Crippen LogP contribution in [-0.4, -0.2) is 41.1 Å². The third kappa shape index (κ3) is 4.20. The lowest BCUT2D eigenvalue weighted by Gasteiger charge is -2.23. The van der Waals surface area contributed by atoms with E-state index in [4.69, 9.17) is 5.11 Å². The Bertz CT molecular complexity index is 294. The number of nitrogens with zero attached hydrogens (tertiary/aromatic N) is 1.